The summed E-state index contributed by atoms with van der Waals surface area (Å²) in [4.78, 5) is 5.94. The summed E-state index contributed by atoms with van der Waals surface area (Å²) < 4.78 is 38.1. The van der Waals surface area contributed by atoms with Gasteiger partial charge in [0.1, 0.15) is 11.0 Å². The van der Waals surface area contributed by atoms with E-state index >= 15 is 0 Å². The van der Waals surface area contributed by atoms with Gasteiger partial charge in [-0.15, -0.1) is 0 Å². The van der Waals surface area contributed by atoms with Gasteiger partial charge in [0.15, 0.2) is 0 Å². The van der Waals surface area contributed by atoms with E-state index in [1.165, 1.54) is 0 Å². The molecule has 0 aromatic carbocycles. The first kappa shape index (κ1) is 13.5. The van der Waals surface area contributed by atoms with Crippen molar-refractivity contribution >= 4 is 17.4 Å². The van der Waals surface area contributed by atoms with Crippen LogP contribution in [0.3, 0.4) is 0 Å². The van der Waals surface area contributed by atoms with E-state index in [0.717, 1.165) is 37.9 Å². The first-order valence-electron chi connectivity index (χ1n) is 5.93. The number of rotatable bonds is 2. The summed E-state index contributed by atoms with van der Waals surface area (Å²) in [6, 6.07) is 2.21. The monoisotopic (exact) mass is 278 g/mol. The van der Waals surface area contributed by atoms with Gasteiger partial charge in [0.05, 0.1) is 5.56 Å². The van der Waals surface area contributed by atoms with Gasteiger partial charge in [-0.3, -0.25) is 0 Å². The predicted octanol–water partition coefficient (Wildman–Crippen LogP) is 4.13. The Kier molecular flexibility index (Phi) is 3.71. The van der Waals surface area contributed by atoms with E-state index in [9.17, 15) is 13.2 Å². The second kappa shape index (κ2) is 4.96. The van der Waals surface area contributed by atoms with Crippen molar-refractivity contribution in [2.75, 3.05) is 11.4 Å². The third kappa shape index (κ3) is 2.71. The first-order chi connectivity index (χ1) is 8.41. The van der Waals surface area contributed by atoms with Gasteiger partial charge in [-0.1, -0.05) is 18.5 Å². The van der Waals surface area contributed by atoms with Crippen LogP contribution in [0.15, 0.2) is 12.1 Å². The first-order valence-corrected chi connectivity index (χ1v) is 6.31. The van der Waals surface area contributed by atoms with E-state index < -0.39 is 11.7 Å². The van der Waals surface area contributed by atoms with E-state index in [1.807, 2.05) is 11.8 Å². The van der Waals surface area contributed by atoms with Crippen LogP contribution >= 0.6 is 11.6 Å². The number of pyridine rings is 1. The van der Waals surface area contributed by atoms with Crippen molar-refractivity contribution in [2.24, 2.45) is 0 Å². The molecule has 1 atom stereocenters. The van der Waals surface area contributed by atoms with Crippen LogP contribution in [0.1, 0.15) is 31.7 Å². The van der Waals surface area contributed by atoms with Crippen molar-refractivity contribution in [3.05, 3.63) is 22.8 Å². The molecule has 2 nitrogen and oxygen atoms in total. The van der Waals surface area contributed by atoms with Crippen LogP contribution in [0, 0.1) is 0 Å². The lowest BCUT2D eigenvalue weighted by Gasteiger charge is -2.25. The molecular weight excluding hydrogens is 265 g/mol. The largest absolute Gasteiger partial charge is 0.416 e. The van der Waals surface area contributed by atoms with Crippen molar-refractivity contribution in [2.45, 2.75) is 38.4 Å². The number of aromatic nitrogens is 1. The van der Waals surface area contributed by atoms with E-state index in [2.05, 4.69) is 4.98 Å². The second-order valence-electron chi connectivity index (χ2n) is 4.43. The highest BCUT2D eigenvalue weighted by molar-refractivity contribution is 6.29. The zero-order chi connectivity index (χ0) is 13.3. The van der Waals surface area contributed by atoms with Crippen LogP contribution in [0.2, 0.25) is 5.15 Å². The lowest BCUT2D eigenvalue weighted by molar-refractivity contribution is -0.137. The van der Waals surface area contributed by atoms with Crippen molar-refractivity contribution < 1.29 is 13.2 Å². The molecule has 100 valence electrons. The predicted molar refractivity (Wildman–Crippen MR) is 64.9 cm³/mol. The van der Waals surface area contributed by atoms with E-state index in [4.69, 9.17) is 11.6 Å². The maximum Gasteiger partial charge on any atom is 0.416 e. The summed E-state index contributed by atoms with van der Waals surface area (Å²) in [6.45, 7) is 2.77. The minimum atomic E-state index is -4.39. The van der Waals surface area contributed by atoms with Gasteiger partial charge in [-0.25, -0.2) is 4.98 Å². The lowest BCUT2D eigenvalue weighted by Crippen LogP contribution is -2.29. The fourth-order valence-electron chi connectivity index (χ4n) is 2.36. The molecule has 0 aliphatic carbocycles. The zero-order valence-corrected chi connectivity index (χ0v) is 10.7. The summed E-state index contributed by atoms with van der Waals surface area (Å²) >= 11 is 5.69. The topological polar surface area (TPSA) is 16.1 Å². The molecule has 1 saturated heterocycles. The molecule has 0 bridgehead atoms. The number of anilines is 1. The average molecular weight is 279 g/mol. The lowest BCUT2D eigenvalue weighted by atomic mass is 10.1. The SMILES string of the molecule is CCC1CCCN1c1cc(C(F)(F)F)cc(Cl)n1. The Morgan fingerprint density at radius 1 is 1.44 bits per heavy atom. The second-order valence-corrected chi connectivity index (χ2v) is 4.82. The molecule has 1 aliphatic heterocycles. The average Bonchev–Trinajstić information content (AvgIpc) is 2.74. The number of hydrogen-bond acceptors (Lipinski definition) is 2. The highest BCUT2D eigenvalue weighted by Gasteiger charge is 2.33. The fraction of sp³-hybridized carbons (Fsp3) is 0.583. The molecule has 6 heteroatoms. The standard InChI is InChI=1S/C12H14ClF3N2/c1-2-9-4-3-5-18(9)11-7-8(12(14,15)16)6-10(13)17-11/h6-7,9H,2-5H2,1H3. The fourth-order valence-corrected chi connectivity index (χ4v) is 2.56. The third-order valence-corrected chi connectivity index (χ3v) is 3.44. The summed E-state index contributed by atoms with van der Waals surface area (Å²) in [7, 11) is 0. The molecule has 1 fully saturated rings. The Morgan fingerprint density at radius 3 is 2.78 bits per heavy atom. The number of nitrogens with zero attached hydrogens (tertiary/aromatic N) is 2. The molecule has 0 saturated carbocycles. The van der Waals surface area contributed by atoms with E-state index in [1.54, 1.807) is 0 Å². The van der Waals surface area contributed by atoms with Crippen molar-refractivity contribution in [3.63, 3.8) is 0 Å². The maximum atomic E-state index is 12.7. The summed E-state index contributed by atoms with van der Waals surface area (Å²) in [5.74, 6) is 0.333. The molecule has 1 aliphatic rings. The highest BCUT2D eigenvalue weighted by Crippen LogP contribution is 2.34. The zero-order valence-electron chi connectivity index (χ0n) is 9.97. The summed E-state index contributed by atoms with van der Waals surface area (Å²) in [5.41, 5.74) is -0.737. The normalized spacial score (nSPS) is 20.5. The minimum absolute atomic E-state index is 0.110. The van der Waals surface area contributed by atoms with Crippen LogP contribution in [0.5, 0.6) is 0 Å². The molecule has 1 aromatic rings. The van der Waals surface area contributed by atoms with Gasteiger partial charge in [-0.05, 0) is 31.4 Å². The van der Waals surface area contributed by atoms with Crippen LogP contribution in [-0.4, -0.2) is 17.6 Å². The summed E-state index contributed by atoms with van der Waals surface area (Å²) in [6.07, 6.45) is -1.52. The van der Waals surface area contributed by atoms with Gasteiger partial charge in [0, 0.05) is 12.6 Å². The molecule has 0 radical (unpaired) electrons. The Hall–Kier alpha value is -0.970. The maximum absolute atomic E-state index is 12.7. The van der Waals surface area contributed by atoms with Crippen LogP contribution in [0.4, 0.5) is 19.0 Å². The van der Waals surface area contributed by atoms with Gasteiger partial charge in [0.2, 0.25) is 0 Å². The Balaban J connectivity index is 2.36. The quantitative estimate of drug-likeness (QED) is 0.756. The molecule has 0 amide bonds. The third-order valence-electron chi connectivity index (χ3n) is 3.25. The Labute approximate surface area is 109 Å². The van der Waals surface area contributed by atoms with Gasteiger partial charge in [-0.2, -0.15) is 13.2 Å². The highest BCUT2D eigenvalue weighted by atomic mass is 35.5. The van der Waals surface area contributed by atoms with Gasteiger partial charge >= 0.3 is 6.18 Å². The van der Waals surface area contributed by atoms with E-state index in [0.29, 0.717) is 5.82 Å². The number of hydrogen-bond donors (Lipinski definition) is 0. The molecule has 2 heterocycles. The van der Waals surface area contributed by atoms with Crippen LogP contribution < -0.4 is 4.90 Å². The van der Waals surface area contributed by atoms with E-state index in [-0.39, 0.29) is 11.2 Å². The molecule has 0 spiro atoms. The molecule has 2 rings (SSSR count). The molecule has 1 aromatic heterocycles. The molecule has 18 heavy (non-hydrogen) atoms. The Morgan fingerprint density at radius 2 is 2.17 bits per heavy atom. The number of halogens is 4. The van der Waals surface area contributed by atoms with Crippen molar-refractivity contribution in [1.29, 1.82) is 0 Å². The number of alkyl halides is 3. The van der Waals surface area contributed by atoms with Crippen molar-refractivity contribution in [3.8, 4) is 0 Å². The van der Waals surface area contributed by atoms with Gasteiger partial charge < -0.3 is 4.90 Å². The Bertz CT molecular complexity index is 434. The van der Waals surface area contributed by atoms with Crippen LogP contribution in [0.25, 0.3) is 0 Å². The smallest absolute Gasteiger partial charge is 0.354 e. The van der Waals surface area contributed by atoms with Crippen molar-refractivity contribution in [1.82, 2.24) is 4.98 Å². The minimum Gasteiger partial charge on any atom is -0.354 e. The molecule has 0 N–H and O–H groups in total. The van der Waals surface area contributed by atoms with Gasteiger partial charge in [0.25, 0.3) is 0 Å². The van der Waals surface area contributed by atoms with Crippen LogP contribution in [-0.2, 0) is 6.18 Å². The molecular formula is C12H14ClF3N2. The summed E-state index contributed by atoms with van der Waals surface area (Å²) in [5, 5.41) is -0.110. The molecule has 1 unspecified atom stereocenters.